The minimum Gasteiger partial charge on any atom is -0.381 e. The summed E-state index contributed by atoms with van der Waals surface area (Å²) in [5.41, 5.74) is 3.29. The van der Waals surface area contributed by atoms with Gasteiger partial charge in [-0.3, -0.25) is 0 Å². The van der Waals surface area contributed by atoms with Crippen LogP contribution in [-0.2, 0) is 6.54 Å². The molecule has 1 heterocycles. The Balaban J connectivity index is 1.93. The van der Waals surface area contributed by atoms with Gasteiger partial charge in [0.25, 0.3) is 0 Å². The number of benzene rings is 2. The van der Waals surface area contributed by atoms with Gasteiger partial charge in [0.2, 0.25) is 0 Å². The summed E-state index contributed by atoms with van der Waals surface area (Å²) in [6.07, 6.45) is 0. The Bertz CT molecular complexity index is 609. The van der Waals surface area contributed by atoms with E-state index >= 15 is 0 Å². The Hall–Kier alpha value is -1.55. The lowest BCUT2D eigenvalue weighted by Crippen LogP contribution is -2.41. The smallest absolute Gasteiger partial charge is 0.124 e. The molecule has 0 bridgehead atoms. The van der Waals surface area contributed by atoms with Crippen LogP contribution < -0.4 is 10.2 Å². The van der Waals surface area contributed by atoms with Crippen molar-refractivity contribution in [3.8, 4) is 0 Å². The first-order valence-corrected chi connectivity index (χ1v) is 7.47. The Morgan fingerprint density at radius 1 is 1.30 bits per heavy atom. The quantitative estimate of drug-likeness (QED) is 0.875. The summed E-state index contributed by atoms with van der Waals surface area (Å²) in [4.78, 5) is 2.31. The Morgan fingerprint density at radius 2 is 2.10 bits per heavy atom. The van der Waals surface area contributed by atoms with E-state index in [4.69, 9.17) is 0 Å². The number of halogens is 2. The van der Waals surface area contributed by atoms with E-state index in [0.717, 1.165) is 22.3 Å². The van der Waals surface area contributed by atoms with E-state index in [1.807, 2.05) is 18.2 Å². The minimum absolute atomic E-state index is 0.203. The number of nitrogens with one attached hydrogen (secondary N) is 1. The lowest BCUT2D eigenvalue weighted by Gasteiger charge is -2.37. The molecule has 0 radical (unpaired) electrons. The van der Waals surface area contributed by atoms with Crippen LogP contribution in [0.1, 0.15) is 12.5 Å². The van der Waals surface area contributed by atoms with Crippen molar-refractivity contribution in [1.82, 2.24) is 0 Å². The molecule has 0 aliphatic carbocycles. The van der Waals surface area contributed by atoms with Gasteiger partial charge in [0.05, 0.1) is 11.4 Å². The molecule has 0 amide bonds. The molecule has 2 nitrogen and oxygen atoms in total. The standard InChI is InChI=1S/C16H16BrFN2/c1-11-9-19-15-4-2-3-5-16(15)20(11)10-12-6-13(17)8-14(18)7-12/h2-8,11,19H,9-10H2,1H3. The van der Waals surface area contributed by atoms with Crippen molar-refractivity contribution in [2.45, 2.75) is 19.5 Å². The fourth-order valence-electron chi connectivity index (χ4n) is 2.62. The van der Waals surface area contributed by atoms with Crippen molar-refractivity contribution in [2.75, 3.05) is 16.8 Å². The molecule has 104 valence electrons. The maximum Gasteiger partial charge on any atom is 0.124 e. The molecule has 3 rings (SSSR count). The molecule has 0 saturated heterocycles. The Morgan fingerprint density at radius 3 is 2.90 bits per heavy atom. The third-order valence-corrected chi connectivity index (χ3v) is 4.07. The average molecular weight is 335 g/mol. The summed E-state index contributed by atoms with van der Waals surface area (Å²) in [6.45, 7) is 3.78. The van der Waals surface area contributed by atoms with Crippen molar-refractivity contribution in [3.05, 3.63) is 58.3 Å². The van der Waals surface area contributed by atoms with Crippen molar-refractivity contribution < 1.29 is 4.39 Å². The number of hydrogen-bond acceptors (Lipinski definition) is 2. The molecule has 4 heteroatoms. The van der Waals surface area contributed by atoms with Crippen LogP contribution in [0.25, 0.3) is 0 Å². The van der Waals surface area contributed by atoms with E-state index in [-0.39, 0.29) is 5.82 Å². The Kier molecular flexibility index (Phi) is 3.66. The number of para-hydroxylation sites is 2. The molecule has 0 aromatic heterocycles. The van der Waals surface area contributed by atoms with Gasteiger partial charge in [-0.25, -0.2) is 4.39 Å². The molecule has 0 fully saturated rings. The fourth-order valence-corrected chi connectivity index (χ4v) is 3.13. The van der Waals surface area contributed by atoms with E-state index in [1.54, 1.807) is 6.07 Å². The molecule has 1 aliphatic heterocycles. The number of nitrogens with zero attached hydrogens (tertiary/aromatic N) is 1. The van der Waals surface area contributed by atoms with Crippen molar-refractivity contribution in [1.29, 1.82) is 0 Å². The van der Waals surface area contributed by atoms with Crippen LogP contribution in [0.4, 0.5) is 15.8 Å². The van der Waals surface area contributed by atoms with Gasteiger partial charge in [-0.15, -0.1) is 0 Å². The van der Waals surface area contributed by atoms with E-state index < -0.39 is 0 Å². The van der Waals surface area contributed by atoms with Crippen LogP contribution in [0.2, 0.25) is 0 Å². The fraction of sp³-hybridized carbons (Fsp3) is 0.250. The second-order valence-electron chi connectivity index (χ2n) is 5.15. The average Bonchev–Trinajstić information content (AvgIpc) is 2.41. The van der Waals surface area contributed by atoms with Crippen LogP contribution in [0, 0.1) is 5.82 Å². The first-order valence-electron chi connectivity index (χ1n) is 6.68. The highest BCUT2D eigenvalue weighted by Gasteiger charge is 2.22. The number of rotatable bonds is 2. The molecule has 1 N–H and O–H groups in total. The zero-order chi connectivity index (χ0) is 14.1. The van der Waals surface area contributed by atoms with Crippen molar-refractivity contribution >= 4 is 27.3 Å². The maximum atomic E-state index is 13.5. The summed E-state index contributed by atoms with van der Waals surface area (Å²) in [5, 5.41) is 3.43. The van der Waals surface area contributed by atoms with Crippen molar-refractivity contribution in [3.63, 3.8) is 0 Å². The first-order chi connectivity index (χ1) is 9.63. The number of anilines is 2. The van der Waals surface area contributed by atoms with Gasteiger partial charge in [-0.2, -0.15) is 0 Å². The van der Waals surface area contributed by atoms with E-state index in [2.05, 4.69) is 45.2 Å². The molecule has 2 aromatic carbocycles. The second kappa shape index (κ2) is 5.44. The lowest BCUT2D eigenvalue weighted by molar-refractivity contribution is 0.615. The van der Waals surface area contributed by atoms with Crippen LogP contribution in [-0.4, -0.2) is 12.6 Å². The van der Waals surface area contributed by atoms with Gasteiger partial charge in [-0.1, -0.05) is 28.1 Å². The van der Waals surface area contributed by atoms with Crippen LogP contribution in [0.5, 0.6) is 0 Å². The number of hydrogen-bond donors (Lipinski definition) is 1. The summed E-state index contributed by atoms with van der Waals surface area (Å²) in [7, 11) is 0. The highest BCUT2D eigenvalue weighted by Crippen LogP contribution is 2.32. The lowest BCUT2D eigenvalue weighted by atomic mass is 10.1. The van der Waals surface area contributed by atoms with E-state index in [9.17, 15) is 4.39 Å². The van der Waals surface area contributed by atoms with Gasteiger partial charge in [0.15, 0.2) is 0 Å². The van der Waals surface area contributed by atoms with Crippen LogP contribution in [0.3, 0.4) is 0 Å². The second-order valence-corrected chi connectivity index (χ2v) is 6.07. The van der Waals surface area contributed by atoms with Gasteiger partial charge in [0.1, 0.15) is 5.82 Å². The van der Waals surface area contributed by atoms with Gasteiger partial charge in [-0.05, 0) is 42.8 Å². The zero-order valence-corrected chi connectivity index (χ0v) is 12.8. The highest BCUT2D eigenvalue weighted by atomic mass is 79.9. The highest BCUT2D eigenvalue weighted by molar-refractivity contribution is 9.10. The first kappa shape index (κ1) is 13.4. The monoisotopic (exact) mass is 334 g/mol. The predicted octanol–water partition coefficient (Wildman–Crippen LogP) is 4.41. The largest absolute Gasteiger partial charge is 0.381 e. The van der Waals surface area contributed by atoms with Gasteiger partial charge in [0, 0.05) is 23.6 Å². The molecule has 1 unspecified atom stereocenters. The summed E-state index contributed by atoms with van der Waals surface area (Å²) >= 11 is 3.35. The van der Waals surface area contributed by atoms with Gasteiger partial charge < -0.3 is 10.2 Å². The topological polar surface area (TPSA) is 15.3 Å². The van der Waals surface area contributed by atoms with Crippen LogP contribution >= 0.6 is 15.9 Å². The van der Waals surface area contributed by atoms with Crippen molar-refractivity contribution in [2.24, 2.45) is 0 Å². The molecule has 1 atom stereocenters. The SMILES string of the molecule is CC1CNc2ccccc2N1Cc1cc(F)cc(Br)c1. The molecular formula is C16H16BrFN2. The molecule has 2 aromatic rings. The third kappa shape index (κ3) is 2.66. The zero-order valence-electron chi connectivity index (χ0n) is 11.2. The minimum atomic E-state index is -0.203. The third-order valence-electron chi connectivity index (χ3n) is 3.61. The van der Waals surface area contributed by atoms with E-state index in [0.29, 0.717) is 12.6 Å². The molecular weight excluding hydrogens is 319 g/mol. The molecule has 0 saturated carbocycles. The van der Waals surface area contributed by atoms with Gasteiger partial charge >= 0.3 is 0 Å². The molecule has 1 aliphatic rings. The Labute approximate surface area is 126 Å². The molecule has 0 spiro atoms. The molecule has 20 heavy (non-hydrogen) atoms. The summed E-state index contributed by atoms with van der Waals surface area (Å²) in [5.74, 6) is -0.203. The maximum absolute atomic E-state index is 13.5. The normalized spacial score (nSPS) is 17.6. The summed E-state index contributed by atoms with van der Waals surface area (Å²) in [6, 6.07) is 13.7. The van der Waals surface area contributed by atoms with E-state index in [1.165, 1.54) is 11.8 Å². The predicted molar refractivity (Wildman–Crippen MR) is 84.7 cm³/mol. The van der Waals surface area contributed by atoms with Crippen LogP contribution in [0.15, 0.2) is 46.9 Å². The summed E-state index contributed by atoms with van der Waals surface area (Å²) < 4.78 is 14.3. The number of fused-ring (bicyclic) bond motifs is 1.